The summed E-state index contributed by atoms with van der Waals surface area (Å²) >= 11 is 5.25. The third-order valence-electron chi connectivity index (χ3n) is 1.42. The Morgan fingerprint density at radius 2 is 2.25 bits per heavy atom. The molecule has 1 aromatic rings. The summed E-state index contributed by atoms with van der Waals surface area (Å²) in [5.74, 6) is -0.225. The van der Waals surface area contributed by atoms with Crippen LogP contribution in [0.25, 0.3) is 0 Å². The number of hydrogen-bond donors (Lipinski definition) is 1. The molecule has 0 heterocycles. The fraction of sp³-hybridized carbons (Fsp3) is 0.143. The van der Waals surface area contributed by atoms with E-state index in [-0.39, 0.29) is 5.82 Å². The van der Waals surface area contributed by atoms with Gasteiger partial charge in [0.2, 0.25) is 0 Å². The van der Waals surface area contributed by atoms with Crippen LogP contribution in [-0.4, -0.2) is 0 Å². The van der Waals surface area contributed by atoms with Gasteiger partial charge in [-0.3, -0.25) is 0 Å². The second-order valence-electron chi connectivity index (χ2n) is 2.26. The van der Waals surface area contributed by atoms with Crippen LogP contribution in [0.2, 0.25) is 0 Å². The number of hydrogen-bond acceptors (Lipinski definition) is 2. The van der Waals surface area contributed by atoms with Gasteiger partial charge in [0.25, 0.3) is 0 Å². The van der Waals surface area contributed by atoms with Gasteiger partial charge in [0.1, 0.15) is 5.82 Å². The van der Waals surface area contributed by atoms with Gasteiger partial charge in [-0.25, -0.2) is 4.39 Å². The second-order valence-corrected chi connectivity index (χ2v) is 4.79. The lowest BCUT2D eigenvalue weighted by Crippen LogP contribution is -1.89. The fourth-order valence-corrected chi connectivity index (χ4v) is 2.16. The zero-order valence-corrected chi connectivity index (χ0v) is 10.8. The molecule has 12 heavy (non-hydrogen) atoms. The van der Waals surface area contributed by atoms with Crippen molar-refractivity contribution < 1.29 is 4.39 Å². The fourth-order valence-electron chi connectivity index (χ4n) is 0.798. The molecule has 0 aromatic heterocycles. The number of rotatable bonds is 2. The third kappa shape index (κ3) is 2.50. The van der Waals surface area contributed by atoms with E-state index < -0.39 is 0 Å². The Hall–Kier alpha value is 0.510. The molecular weight excluding hydrogens is 356 g/mol. The predicted molar refractivity (Wildman–Crippen MR) is 64.1 cm³/mol. The Balaban J connectivity index is 3.05. The molecule has 0 aliphatic rings. The zero-order valence-electron chi connectivity index (χ0n) is 6.20. The normalized spacial score (nSPS) is 10.0. The summed E-state index contributed by atoms with van der Waals surface area (Å²) in [7, 11) is 1.46. The van der Waals surface area contributed by atoms with Crippen LogP contribution in [0.3, 0.4) is 0 Å². The maximum atomic E-state index is 12.9. The van der Waals surface area contributed by atoms with E-state index in [1.54, 1.807) is 6.07 Å². The number of anilines is 1. The van der Waals surface area contributed by atoms with E-state index in [4.69, 9.17) is 0 Å². The van der Waals surface area contributed by atoms with Gasteiger partial charge < -0.3 is 4.72 Å². The van der Waals surface area contributed by atoms with Gasteiger partial charge in [-0.1, -0.05) is 0 Å². The molecule has 0 atom stereocenters. The molecule has 0 saturated carbocycles. The summed E-state index contributed by atoms with van der Waals surface area (Å²) in [5.41, 5.74) is 1.84. The van der Waals surface area contributed by atoms with Crippen molar-refractivity contribution in [3.05, 3.63) is 28.0 Å². The molecule has 0 aliphatic carbocycles. The first-order chi connectivity index (χ1) is 5.65. The Kier molecular flexibility index (Phi) is 4.12. The van der Waals surface area contributed by atoms with Crippen LogP contribution in [0, 0.1) is 12.7 Å². The highest BCUT2D eigenvalue weighted by Gasteiger charge is 2.03. The Labute approximate surface area is 95.3 Å². The van der Waals surface area contributed by atoms with Crippen LogP contribution in [0.5, 0.6) is 0 Å². The first-order valence-electron chi connectivity index (χ1n) is 3.14. The van der Waals surface area contributed by atoms with Crippen molar-refractivity contribution in [2.45, 2.75) is 6.92 Å². The average Bonchev–Trinajstić information content (AvgIpc) is 2.01. The number of nitrogens with one attached hydrogen (secondary N) is 1. The maximum absolute atomic E-state index is 12.9. The van der Waals surface area contributed by atoms with Crippen molar-refractivity contribution >= 4 is 51.9 Å². The molecule has 1 aromatic carbocycles. The molecule has 5 heteroatoms. The molecule has 1 nitrogen and oxygen atoms in total. The molecule has 66 valence electrons. The van der Waals surface area contributed by atoms with Crippen LogP contribution >= 0.6 is 46.3 Å². The molecular formula is C7H6BrFINS. The van der Waals surface area contributed by atoms with Gasteiger partial charge >= 0.3 is 0 Å². The van der Waals surface area contributed by atoms with Crippen molar-refractivity contribution in [3.8, 4) is 0 Å². The number of benzene rings is 1. The summed E-state index contributed by atoms with van der Waals surface area (Å²) < 4.78 is 16.5. The van der Waals surface area contributed by atoms with Crippen LogP contribution < -0.4 is 4.72 Å². The van der Waals surface area contributed by atoms with E-state index in [2.05, 4.69) is 41.9 Å². The first kappa shape index (κ1) is 10.6. The third-order valence-corrected chi connectivity index (χ3v) is 2.98. The molecule has 1 N–H and O–H groups in total. The molecule has 0 unspecified atom stereocenters. The minimum atomic E-state index is -0.225. The lowest BCUT2D eigenvalue weighted by atomic mass is 10.2. The van der Waals surface area contributed by atoms with E-state index in [9.17, 15) is 4.39 Å². The van der Waals surface area contributed by atoms with Crippen LogP contribution in [-0.2, 0) is 0 Å². The summed E-state index contributed by atoms with van der Waals surface area (Å²) in [4.78, 5) is 0. The largest absolute Gasteiger partial charge is 0.321 e. The van der Waals surface area contributed by atoms with Gasteiger partial charge in [0.15, 0.2) is 0 Å². The van der Waals surface area contributed by atoms with Crippen molar-refractivity contribution in [2.24, 2.45) is 0 Å². The van der Waals surface area contributed by atoms with E-state index in [1.165, 1.54) is 15.2 Å². The smallest absolute Gasteiger partial charge is 0.137 e. The molecule has 1 rings (SSSR count). The Bertz CT molecular complexity index is 295. The lowest BCUT2D eigenvalue weighted by Gasteiger charge is -2.06. The lowest BCUT2D eigenvalue weighted by molar-refractivity contribution is 0.620. The number of aryl methyl sites for hydroxylation is 1. The minimum Gasteiger partial charge on any atom is -0.321 e. The SMILES string of the molecule is Cc1cc(F)c(Br)cc1NSI. The van der Waals surface area contributed by atoms with Crippen molar-refractivity contribution in [3.63, 3.8) is 0 Å². The molecule has 0 bridgehead atoms. The highest BCUT2D eigenvalue weighted by atomic mass is 127. The topological polar surface area (TPSA) is 12.0 Å². The van der Waals surface area contributed by atoms with E-state index >= 15 is 0 Å². The van der Waals surface area contributed by atoms with Gasteiger partial charge in [0, 0.05) is 36.0 Å². The summed E-state index contributed by atoms with van der Waals surface area (Å²) in [6.07, 6.45) is 0. The highest BCUT2D eigenvalue weighted by molar-refractivity contribution is 14.2. The van der Waals surface area contributed by atoms with Crippen LogP contribution in [0.1, 0.15) is 5.56 Å². The molecule has 0 saturated heterocycles. The van der Waals surface area contributed by atoms with Crippen molar-refractivity contribution in [1.82, 2.24) is 0 Å². The summed E-state index contributed by atoms with van der Waals surface area (Å²) in [6, 6.07) is 3.23. The predicted octanol–water partition coefficient (Wildman–Crippen LogP) is 4.31. The Morgan fingerprint density at radius 1 is 1.58 bits per heavy atom. The van der Waals surface area contributed by atoms with Gasteiger partial charge in [0.05, 0.1) is 4.47 Å². The second kappa shape index (κ2) is 4.66. The first-order valence-corrected chi connectivity index (χ1v) is 7.29. The molecule has 0 fully saturated rings. The average molecular weight is 362 g/mol. The molecule has 0 amide bonds. The quantitative estimate of drug-likeness (QED) is 0.622. The molecule has 0 radical (unpaired) electrons. The van der Waals surface area contributed by atoms with E-state index in [0.29, 0.717) is 4.47 Å². The highest BCUT2D eigenvalue weighted by Crippen LogP contribution is 2.27. The number of halogens is 3. The van der Waals surface area contributed by atoms with Gasteiger partial charge in [-0.15, -0.1) is 0 Å². The van der Waals surface area contributed by atoms with Crippen LogP contribution in [0.15, 0.2) is 16.6 Å². The molecule has 0 aliphatic heterocycles. The van der Waals surface area contributed by atoms with E-state index in [0.717, 1.165) is 11.3 Å². The monoisotopic (exact) mass is 361 g/mol. The van der Waals surface area contributed by atoms with E-state index in [1.807, 2.05) is 6.92 Å². The summed E-state index contributed by atoms with van der Waals surface area (Å²) in [6.45, 7) is 1.87. The Morgan fingerprint density at radius 3 is 2.83 bits per heavy atom. The van der Waals surface area contributed by atoms with Crippen LogP contribution in [0.4, 0.5) is 10.1 Å². The minimum absolute atomic E-state index is 0.225. The van der Waals surface area contributed by atoms with Gasteiger partial charge in [-0.2, -0.15) is 0 Å². The maximum Gasteiger partial charge on any atom is 0.137 e. The van der Waals surface area contributed by atoms with Crippen molar-refractivity contribution in [1.29, 1.82) is 0 Å². The zero-order chi connectivity index (χ0) is 9.14. The standard InChI is InChI=1S/C7H6BrFINS/c1-4-2-6(9)5(8)3-7(4)11-12-10/h2-3,11H,1H3. The molecule has 0 spiro atoms. The van der Waals surface area contributed by atoms with Gasteiger partial charge in [-0.05, 0) is 40.5 Å². The van der Waals surface area contributed by atoms with Crippen molar-refractivity contribution in [2.75, 3.05) is 4.72 Å². The summed E-state index contributed by atoms with van der Waals surface area (Å²) in [5, 5.41) is 0.